The molecule has 0 heterocycles. The van der Waals surface area contributed by atoms with Crippen LogP contribution in [-0.4, -0.2) is 5.16 Å². The quantitative estimate of drug-likeness (QED) is 0.482. The monoisotopic (exact) mass is 194 g/mol. The van der Waals surface area contributed by atoms with Gasteiger partial charge in [0.25, 0.3) is 0 Å². The molecule has 0 fully saturated rings. The van der Waals surface area contributed by atoms with Crippen LogP contribution in [0.15, 0.2) is 12.7 Å². The van der Waals surface area contributed by atoms with E-state index in [1.54, 1.807) is 6.08 Å². The molecular formula is C9H11N2OP. The second-order valence-electron chi connectivity index (χ2n) is 2.72. The summed E-state index contributed by atoms with van der Waals surface area (Å²) < 4.78 is 10.9. The highest BCUT2D eigenvalue weighted by Crippen LogP contribution is 2.34. The number of nitrogens with zero attached hydrogens (tertiary/aromatic N) is 2. The highest BCUT2D eigenvalue weighted by atomic mass is 31.1. The Morgan fingerprint density at radius 3 is 2.00 bits per heavy atom. The van der Waals surface area contributed by atoms with Gasteiger partial charge in [0.2, 0.25) is 0 Å². The fourth-order valence-electron chi connectivity index (χ4n) is 1.00. The van der Waals surface area contributed by atoms with Crippen LogP contribution < -0.4 is 0 Å². The zero-order valence-corrected chi connectivity index (χ0v) is 8.26. The van der Waals surface area contributed by atoms with Crippen molar-refractivity contribution in [1.29, 1.82) is 10.5 Å². The predicted octanol–water partition coefficient (Wildman–Crippen LogP) is 2.81. The lowest BCUT2D eigenvalue weighted by Crippen LogP contribution is -2.17. The Morgan fingerprint density at radius 1 is 1.31 bits per heavy atom. The van der Waals surface area contributed by atoms with Gasteiger partial charge in [0.1, 0.15) is 0 Å². The molecule has 0 amide bonds. The Labute approximate surface area is 79.9 Å². The Balaban J connectivity index is 4.33. The Hall–Kier alpha value is -1.18. The van der Waals surface area contributed by atoms with Crippen LogP contribution in [0.3, 0.4) is 0 Å². The van der Waals surface area contributed by atoms with E-state index in [0.29, 0.717) is 25.7 Å². The first-order valence-corrected chi connectivity index (χ1v) is 4.78. The summed E-state index contributed by atoms with van der Waals surface area (Å²) in [6.07, 6.45) is 3.26. The zero-order valence-electron chi connectivity index (χ0n) is 7.36. The maximum Gasteiger partial charge on any atom is 0.166 e. The van der Waals surface area contributed by atoms with Crippen LogP contribution in [0, 0.1) is 22.7 Å². The van der Waals surface area contributed by atoms with Crippen LogP contribution in [-0.2, 0) is 4.57 Å². The van der Waals surface area contributed by atoms with Crippen LogP contribution in [0.2, 0.25) is 0 Å². The van der Waals surface area contributed by atoms with Gasteiger partial charge in [0.05, 0.1) is 17.3 Å². The molecule has 4 heteroatoms. The Morgan fingerprint density at radius 2 is 1.77 bits per heavy atom. The van der Waals surface area contributed by atoms with Gasteiger partial charge in [-0.1, -0.05) is 6.08 Å². The van der Waals surface area contributed by atoms with Crippen molar-refractivity contribution < 1.29 is 4.57 Å². The highest BCUT2D eigenvalue weighted by molar-refractivity contribution is 7.26. The first-order chi connectivity index (χ1) is 6.24. The largest absolute Gasteiger partial charge is 0.274 e. The SMILES string of the molecule is C=CC(CCC#N)(CCC#N)P=O. The second-order valence-corrected chi connectivity index (χ2v) is 3.79. The van der Waals surface area contributed by atoms with Crippen molar-refractivity contribution in [2.75, 3.05) is 0 Å². The molecular weight excluding hydrogens is 183 g/mol. The van der Waals surface area contributed by atoms with Crippen LogP contribution >= 0.6 is 8.46 Å². The number of rotatable bonds is 6. The van der Waals surface area contributed by atoms with E-state index >= 15 is 0 Å². The zero-order chi connectivity index (χ0) is 10.2. The van der Waals surface area contributed by atoms with E-state index in [1.807, 2.05) is 12.1 Å². The molecule has 0 aromatic rings. The van der Waals surface area contributed by atoms with Gasteiger partial charge in [-0.3, -0.25) is 4.57 Å². The summed E-state index contributed by atoms with van der Waals surface area (Å²) in [7, 11) is -0.0522. The molecule has 0 spiro atoms. The van der Waals surface area contributed by atoms with E-state index in [1.165, 1.54) is 0 Å². The summed E-state index contributed by atoms with van der Waals surface area (Å²) in [4.78, 5) is 0. The average molecular weight is 194 g/mol. The van der Waals surface area contributed by atoms with Gasteiger partial charge in [-0.05, 0) is 12.8 Å². The van der Waals surface area contributed by atoms with Gasteiger partial charge >= 0.3 is 0 Å². The van der Waals surface area contributed by atoms with Crippen LogP contribution in [0.25, 0.3) is 0 Å². The summed E-state index contributed by atoms with van der Waals surface area (Å²) in [5, 5.41) is 16.2. The molecule has 68 valence electrons. The minimum absolute atomic E-state index is 0.0522. The van der Waals surface area contributed by atoms with Crippen LogP contribution in [0.1, 0.15) is 25.7 Å². The van der Waals surface area contributed by atoms with Gasteiger partial charge in [-0.25, -0.2) is 0 Å². The molecule has 3 nitrogen and oxygen atoms in total. The lowest BCUT2D eigenvalue weighted by atomic mass is 9.97. The van der Waals surface area contributed by atoms with Gasteiger partial charge in [-0.15, -0.1) is 6.58 Å². The fourth-order valence-corrected chi connectivity index (χ4v) is 1.48. The minimum atomic E-state index is -0.578. The molecule has 0 aromatic carbocycles. The van der Waals surface area contributed by atoms with Crippen LogP contribution in [0.4, 0.5) is 0 Å². The summed E-state index contributed by atoms with van der Waals surface area (Å²) in [6, 6.07) is 3.99. The molecule has 0 bridgehead atoms. The van der Waals surface area contributed by atoms with Gasteiger partial charge in [-0.2, -0.15) is 10.5 Å². The summed E-state index contributed by atoms with van der Waals surface area (Å²) in [6.45, 7) is 3.58. The third-order valence-electron chi connectivity index (χ3n) is 1.90. The third kappa shape index (κ3) is 3.83. The molecule has 0 rings (SSSR count). The second kappa shape index (κ2) is 6.35. The molecule has 0 radical (unpaired) electrons. The van der Waals surface area contributed by atoms with Crippen LogP contribution in [0.5, 0.6) is 0 Å². The molecule has 0 atom stereocenters. The lowest BCUT2D eigenvalue weighted by Gasteiger charge is -2.19. The maximum atomic E-state index is 10.9. The molecule has 0 N–H and O–H groups in total. The van der Waals surface area contributed by atoms with Gasteiger partial charge in [0, 0.05) is 12.8 Å². The molecule has 13 heavy (non-hydrogen) atoms. The van der Waals surface area contributed by atoms with Crippen molar-refractivity contribution in [3.63, 3.8) is 0 Å². The molecule has 0 saturated heterocycles. The van der Waals surface area contributed by atoms with E-state index in [0.717, 1.165) is 0 Å². The molecule has 0 aliphatic carbocycles. The topological polar surface area (TPSA) is 64.7 Å². The van der Waals surface area contributed by atoms with Crippen molar-refractivity contribution in [2.24, 2.45) is 0 Å². The predicted molar refractivity (Wildman–Crippen MR) is 50.2 cm³/mol. The molecule has 0 aromatic heterocycles. The van der Waals surface area contributed by atoms with Crippen molar-refractivity contribution in [1.82, 2.24) is 0 Å². The van der Waals surface area contributed by atoms with E-state index < -0.39 is 5.16 Å². The Kier molecular flexibility index (Phi) is 5.77. The third-order valence-corrected chi connectivity index (χ3v) is 2.89. The van der Waals surface area contributed by atoms with E-state index in [-0.39, 0.29) is 8.46 Å². The van der Waals surface area contributed by atoms with E-state index in [9.17, 15) is 4.57 Å². The average Bonchev–Trinajstić information content (AvgIpc) is 2.20. The number of nitriles is 2. The fraction of sp³-hybridized carbons (Fsp3) is 0.556. The minimum Gasteiger partial charge on any atom is -0.274 e. The van der Waals surface area contributed by atoms with Gasteiger partial charge in [0.15, 0.2) is 8.46 Å². The van der Waals surface area contributed by atoms with Crippen molar-refractivity contribution >= 4 is 8.46 Å². The molecule has 0 aliphatic rings. The van der Waals surface area contributed by atoms with E-state index in [2.05, 4.69) is 6.58 Å². The molecule has 0 aliphatic heterocycles. The molecule has 0 unspecified atom stereocenters. The van der Waals surface area contributed by atoms with Crippen molar-refractivity contribution in [2.45, 2.75) is 30.8 Å². The first-order valence-electron chi connectivity index (χ1n) is 3.96. The summed E-state index contributed by atoms with van der Waals surface area (Å²) >= 11 is 0. The highest BCUT2D eigenvalue weighted by Gasteiger charge is 2.26. The smallest absolute Gasteiger partial charge is 0.166 e. The lowest BCUT2D eigenvalue weighted by molar-refractivity contribution is 0.544. The summed E-state index contributed by atoms with van der Waals surface area (Å²) in [5.74, 6) is 0. The van der Waals surface area contributed by atoms with Crippen molar-refractivity contribution in [3.05, 3.63) is 12.7 Å². The number of hydrogen-bond donors (Lipinski definition) is 0. The number of hydrogen-bond acceptors (Lipinski definition) is 3. The van der Waals surface area contributed by atoms with E-state index in [4.69, 9.17) is 10.5 Å². The summed E-state index contributed by atoms with van der Waals surface area (Å²) in [5.41, 5.74) is 0. The standard InChI is InChI=1S/C9H11N2OP/c1-2-9(13-12,5-3-7-10)6-4-8-11/h2H,1,3-6H2. The first kappa shape index (κ1) is 11.8. The Bertz CT molecular complexity index is 234. The maximum absolute atomic E-state index is 10.9. The molecule has 0 saturated carbocycles. The van der Waals surface area contributed by atoms with Crippen molar-refractivity contribution in [3.8, 4) is 12.1 Å². The number of allylic oxidation sites excluding steroid dienone is 1. The normalized spacial score (nSPS) is 10.3. The van der Waals surface area contributed by atoms with Gasteiger partial charge < -0.3 is 0 Å².